The highest BCUT2D eigenvalue weighted by molar-refractivity contribution is 5.62. The minimum absolute atomic E-state index is 0.0138. The van der Waals surface area contributed by atoms with Crippen molar-refractivity contribution < 1.29 is 47.7 Å². The van der Waals surface area contributed by atoms with E-state index in [0.717, 1.165) is 12.1 Å². The summed E-state index contributed by atoms with van der Waals surface area (Å²) in [4.78, 5) is 20.8. The van der Waals surface area contributed by atoms with E-state index in [1.165, 1.54) is 0 Å². The van der Waals surface area contributed by atoms with Crippen LogP contribution < -0.4 is 9.47 Å². The summed E-state index contributed by atoms with van der Waals surface area (Å²) in [7, 11) is 3.15. The monoisotopic (exact) mass is 492 g/mol. The van der Waals surface area contributed by atoms with Gasteiger partial charge >= 0.3 is 11.4 Å². The Morgan fingerprint density at radius 1 is 0.559 bits per heavy atom. The number of nitrogens with zero attached hydrogens (tertiary/aromatic N) is 2. The molecule has 0 N–H and O–H groups in total. The molecule has 0 saturated carbocycles. The second kappa shape index (κ2) is 18.8. The average Bonchev–Trinajstić information content (AvgIpc) is 2.81. The fourth-order valence-electron chi connectivity index (χ4n) is 2.41. The summed E-state index contributed by atoms with van der Waals surface area (Å²) >= 11 is 0. The quantitative estimate of drug-likeness (QED) is 0.131. The fraction of sp³-hybridized carbons (Fsp3) is 0.700. The molecule has 0 amide bonds. The minimum atomic E-state index is -0.852. The van der Waals surface area contributed by atoms with Crippen LogP contribution in [-0.2, 0) is 28.4 Å². The standard InChI is InChI=1S/C20H32N2O12/c1-27-3-5-29-7-9-31-11-13-33-19-15-17(21(23)24)18(22(25)26)16-20(19)34-14-12-32-10-8-30-6-4-28-2/h15-16H,3-14H2,1-2H3. The molecule has 0 radical (unpaired) electrons. The van der Waals surface area contributed by atoms with Crippen LogP contribution in [0.3, 0.4) is 0 Å². The highest BCUT2D eigenvalue weighted by Gasteiger charge is 2.28. The summed E-state index contributed by atoms with van der Waals surface area (Å²) in [6.45, 7) is 3.69. The Balaban J connectivity index is 2.57. The van der Waals surface area contributed by atoms with Crippen molar-refractivity contribution in [3.05, 3.63) is 32.4 Å². The number of ether oxygens (including phenoxy) is 8. The van der Waals surface area contributed by atoms with Gasteiger partial charge < -0.3 is 37.9 Å². The summed E-state index contributed by atoms with van der Waals surface area (Å²) in [5, 5.41) is 22.5. The molecule has 0 aliphatic heterocycles. The molecule has 14 nitrogen and oxygen atoms in total. The SMILES string of the molecule is COCCOCCOCCOc1cc([N+](=O)[O-])c([N+](=O)[O-])cc1OCCOCCOCCOC. The maximum atomic E-state index is 11.3. The van der Waals surface area contributed by atoms with Gasteiger partial charge in [0.1, 0.15) is 13.2 Å². The maximum absolute atomic E-state index is 11.3. The molecule has 14 heteroatoms. The number of methoxy groups -OCH3 is 2. The molecule has 0 saturated heterocycles. The van der Waals surface area contributed by atoms with Gasteiger partial charge in [-0.15, -0.1) is 0 Å². The second-order valence-corrected chi connectivity index (χ2v) is 6.43. The Bertz CT molecular complexity index is 660. The highest BCUT2D eigenvalue weighted by atomic mass is 16.6. The highest BCUT2D eigenvalue weighted by Crippen LogP contribution is 2.39. The van der Waals surface area contributed by atoms with Gasteiger partial charge in [-0.2, -0.15) is 0 Å². The van der Waals surface area contributed by atoms with E-state index in [1.807, 2.05) is 0 Å². The average molecular weight is 492 g/mol. The van der Waals surface area contributed by atoms with Gasteiger partial charge in [-0.3, -0.25) is 20.2 Å². The molecule has 0 spiro atoms. The van der Waals surface area contributed by atoms with Crippen LogP contribution in [0.25, 0.3) is 0 Å². The molecule has 0 atom stereocenters. The fourth-order valence-corrected chi connectivity index (χ4v) is 2.41. The van der Waals surface area contributed by atoms with Gasteiger partial charge in [-0.1, -0.05) is 0 Å². The Morgan fingerprint density at radius 3 is 1.15 bits per heavy atom. The van der Waals surface area contributed by atoms with Crippen molar-refractivity contribution in [2.75, 3.05) is 93.5 Å². The van der Waals surface area contributed by atoms with Crippen molar-refractivity contribution in [2.45, 2.75) is 0 Å². The first-order valence-electron chi connectivity index (χ1n) is 10.5. The van der Waals surface area contributed by atoms with Crippen molar-refractivity contribution >= 4 is 11.4 Å². The lowest BCUT2D eigenvalue weighted by Gasteiger charge is -2.13. The third-order valence-corrected chi connectivity index (χ3v) is 4.01. The minimum Gasteiger partial charge on any atom is -0.487 e. The Kier molecular flexibility index (Phi) is 16.2. The molecular formula is C20H32N2O12. The Hall–Kier alpha value is -2.62. The van der Waals surface area contributed by atoms with E-state index in [9.17, 15) is 20.2 Å². The summed E-state index contributed by atoms with van der Waals surface area (Å²) in [5.41, 5.74) is -1.41. The first-order valence-corrected chi connectivity index (χ1v) is 10.5. The molecule has 0 fully saturated rings. The third kappa shape index (κ3) is 12.6. The lowest BCUT2D eigenvalue weighted by Crippen LogP contribution is -2.14. The number of rotatable bonds is 22. The summed E-state index contributed by atoms with van der Waals surface area (Å²) in [5.74, 6) is -0.0275. The van der Waals surface area contributed by atoms with Crippen LogP contribution in [0.5, 0.6) is 11.5 Å². The van der Waals surface area contributed by atoms with Crippen LogP contribution in [-0.4, -0.2) is 103 Å². The normalized spacial score (nSPS) is 10.9. The predicted octanol–water partition coefficient (Wildman–Crippen LogP) is 1.62. The van der Waals surface area contributed by atoms with Crippen LogP contribution in [0.2, 0.25) is 0 Å². The molecule has 0 unspecified atom stereocenters. The van der Waals surface area contributed by atoms with Gasteiger partial charge in [-0.25, -0.2) is 0 Å². The number of hydrogen-bond donors (Lipinski definition) is 0. The number of hydrogen-bond acceptors (Lipinski definition) is 12. The molecule has 1 aromatic rings. The zero-order chi connectivity index (χ0) is 25.0. The van der Waals surface area contributed by atoms with Gasteiger partial charge in [-0.05, 0) is 0 Å². The zero-order valence-corrected chi connectivity index (χ0v) is 19.4. The first-order chi connectivity index (χ1) is 16.5. The van der Waals surface area contributed by atoms with Crippen molar-refractivity contribution in [3.8, 4) is 11.5 Å². The van der Waals surface area contributed by atoms with Crippen molar-refractivity contribution in [1.82, 2.24) is 0 Å². The zero-order valence-electron chi connectivity index (χ0n) is 19.4. The summed E-state index contributed by atoms with van der Waals surface area (Å²) in [6, 6.07) is 1.93. The van der Waals surface area contributed by atoms with E-state index < -0.39 is 21.2 Å². The molecule has 0 aromatic heterocycles. The van der Waals surface area contributed by atoms with Gasteiger partial charge in [0.25, 0.3) is 0 Å². The Morgan fingerprint density at radius 2 is 0.853 bits per heavy atom. The van der Waals surface area contributed by atoms with Crippen molar-refractivity contribution in [3.63, 3.8) is 0 Å². The molecule has 0 heterocycles. The van der Waals surface area contributed by atoms with E-state index in [2.05, 4.69) is 0 Å². The Labute approximate surface area is 197 Å². The van der Waals surface area contributed by atoms with E-state index in [-0.39, 0.29) is 37.9 Å². The number of nitro groups is 2. The van der Waals surface area contributed by atoms with Crippen LogP contribution in [0.4, 0.5) is 11.4 Å². The van der Waals surface area contributed by atoms with Crippen LogP contribution in [0.1, 0.15) is 0 Å². The van der Waals surface area contributed by atoms with Gasteiger partial charge in [0.05, 0.1) is 88.0 Å². The van der Waals surface area contributed by atoms with Crippen LogP contribution >= 0.6 is 0 Å². The van der Waals surface area contributed by atoms with E-state index in [1.54, 1.807) is 14.2 Å². The van der Waals surface area contributed by atoms with Crippen LogP contribution in [0.15, 0.2) is 12.1 Å². The second-order valence-electron chi connectivity index (χ2n) is 6.43. The van der Waals surface area contributed by atoms with E-state index >= 15 is 0 Å². The molecule has 0 aliphatic carbocycles. The lowest BCUT2D eigenvalue weighted by molar-refractivity contribution is -0.422. The summed E-state index contributed by atoms with van der Waals surface area (Å²) < 4.78 is 42.0. The molecule has 0 bridgehead atoms. The topological polar surface area (TPSA) is 160 Å². The van der Waals surface area contributed by atoms with E-state index in [0.29, 0.717) is 52.9 Å². The molecule has 1 aromatic carbocycles. The van der Waals surface area contributed by atoms with Gasteiger partial charge in [0, 0.05) is 14.2 Å². The van der Waals surface area contributed by atoms with Gasteiger partial charge in [0.15, 0.2) is 11.5 Å². The molecular weight excluding hydrogens is 460 g/mol. The van der Waals surface area contributed by atoms with E-state index in [4.69, 9.17) is 37.9 Å². The molecule has 194 valence electrons. The van der Waals surface area contributed by atoms with Crippen LogP contribution in [0, 0.1) is 20.2 Å². The molecule has 34 heavy (non-hydrogen) atoms. The number of benzene rings is 1. The van der Waals surface area contributed by atoms with Crippen molar-refractivity contribution in [1.29, 1.82) is 0 Å². The third-order valence-electron chi connectivity index (χ3n) is 4.01. The smallest absolute Gasteiger partial charge is 0.350 e. The first kappa shape index (κ1) is 29.4. The largest absolute Gasteiger partial charge is 0.487 e. The maximum Gasteiger partial charge on any atom is 0.350 e. The summed E-state index contributed by atoms with van der Waals surface area (Å²) in [6.07, 6.45) is 0. The predicted molar refractivity (Wildman–Crippen MR) is 118 cm³/mol. The number of nitro benzene ring substituents is 2. The molecule has 1 rings (SSSR count). The lowest BCUT2D eigenvalue weighted by atomic mass is 10.2. The van der Waals surface area contributed by atoms with Crippen molar-refractivity contribution in [2.24, 2.45) is 0 Å². The molecule has 0 aliphatic rings. The van der Waals surface area contributed by atoms with Gasteiger partial charge in [0.2, 0.25) is 0 Å².